The Morgan fingerprint density at radius 3 is 3.40 bits per heavy atom. The smallest absolute Gasteiger partial charge is 0.107 e. The van der Waals surface area contributed by atoms with E-state index in [1.54, 1.807) is 11.3 Å². The number of nitrogens with one attached hydrogen (secondary N) is 1. The molecule has 0 radical (unpaired) electrons. The summed E-state index contributed by atoms with van der Waals surface area (Å²) >= 11 is 1.78. The molecule has 3 rings (SSSR count). The van der Waals surface area contributed by atoms with Crippen LogP contribution in [0, 0.1) is 5.92 Å². The molecule has 4 heteroatoms. The van der Waals surface area contributed by atoms with Crippen LogP contribution in [0.5, 0.6) is 0 Å². The number of hydrogen-bond acceptors (Lipinski definition) is 4. The van der Waals surface area contributed by atoms with Crippen LogP contribution < -0.4 is 5.32 Å². The Kier molecular flexibility index (Phi) is 2.73. The van der Waals surface area contributed by atoms with Gasteiger partial charge in [0.25, 0.3) is 0 Å². The summed E-state index contributed by atoms with van der Waals surface area (Å²) < 4.78 is 0. The van der Waals surface area contributed by atoms with Crippen LogP contribution in [-0.4, -0.2) is 35.6 Å². The van der Waals surface area contributed by atoms with Crippen molar-refractivity contribution in [1.29, 1.82) is 0 Å². The second-order valence-corrected chi connectivity index (χ2v) is 5.48. The summed E-state index contributed by atoms with van der Waals surface area (Å²) in [4.78, 5) is 7.01. The van der Waals surface area contributed by atoms with Crippen molar-refractivity contribution in [2.45, 2.75) is 25.4 Å². The van der Waals surface area contributed by atoms with Gasteiger partial charge in [0.2, 0.25) is 0 Å². The lowest BCUT2D eigenvalue weighted by Gasteiger charge is -2.31. The molecule has 3 heterocycles. The third kappa shape index (κ3) is 1.94. The maximum absolute atomic E-state index is 4.38. The average Bonchev–Trinajstić information content (AvgIpc) is 2.89. The van der Waals surface area contributed by atoms with Crippen molar-refractivity contribution >= 4 is 11.3 Å². The molecule has 1 N–H and O–H groups in total. The number of fused-ring (bicyclic) bond motifs is 1. The maximum Gasteiger partial charge on any atom is 0.107 e. The largest absolute Gasteiger partial charge is 0.316 e. The van der Waals surface area contributed by atoms with Crippen molar-refractivity contribution in [3.8, 4) is 0 Å². The quantitative estimate of drug-likeness (QED) is 0.820. The van der Waals surface area contributed by atoms with E-state index in [1.807, 2.05) is 6.20 Å². The van der Waals surface area contributed by atoms with Crippen LogP contribution >= 0.6 is 11.3 Å². The molecule has 0 aromatic carbocycles. The molecule has 0 saturated carbocycles. The summed E-state index contributed by atoms with van der Waals surface area (Å²) in [7, 11) is 0. The van der Waals surface area contributed by atoms with Gasteiger partial charge in [-0.2, -0.15) is 0 Å². The Morgan fingerprint density at radius 1 is 1.53 bits per heavy atom. The van der Waals surface area contributed by atoms with Gasteiger partial charge < -0.3 is 5.32 Å². The predicted octanol–water partition coefficient (Wildman–Crippen LogP) is 1.33. The number of thiazole rings is 1. The number of likely N-dealkylation sites (tertiary alicyclic amines) is 1. The summed E-state index contributed by atoms with van der Waals surface area (Å²) in [6, 6.07) is 0.815. The molecule has 0 bridgehead atoms. The second-order valence-electron chi connectivity index (χ2n) is 4.51. The van der Waals surface area contributed by atoms with Crippen molar-refractivity contribution in [1.82, 2.24) is 15.2 Å². The van der Waals surface area contributed by atoms with Crippen LogP contribution in [0.25, 0.3) is 0 Å². The molecule has 0 unspecified atom stereocenters. The molecular weight excluding hydrogens is 206 g/mol. The third-order valence-corrected chi connectivity index (χ3v) is 4.41. The Bertz CT molecular complexity index is 312. The van der Waals surface area contributed by atoms with Gasteiger partial charge in [0.1, 0.15) is 5.01 Å². The molecule has 1 aromatic rings. The molecule has 0 amide bonds. The standard InChI is InChI=1S/C11H17N3S/c1-3-12-7-9-2-5-14(10(1)9)8-11-13-4-6-15-11/h4,6,9-10,12H,1-3,5,7-8H2/t9-,10-/m1/s1. The molecule has 2 aliphatic heterocycles. The SMILES string of the molecule is c1csc(CN2CC[C@@H]3CNCC[C@H]32)n1. The van der Waals surface area contributed by atoms with Crippen LogP contribution in [0.1, 0.15) is 17.8 Å². The second kappa shape index (κ2) is 4.20. The maximum atomic E-state index is 4.38. The van der Waals surface area contributed by atoms with E-state index in [0.717, 1.165) is 18.5 Å². The summed E-state index contributed by atoms with van der Waals surface area (Å²) in [6.07, 6.45) is 4.59. The van der Waals surface area contributed by atoms with E-state index in [-0.39, 0.29) is 0 Å². The average molecular weight is 223 g/mol. The first-order chi connectivity index (χ1) is 7.43. The van der Waals surface area contributed by atoms with Gasteiger partial charge in [-0.05, 0) is 38.4 Å². The highest BCUT2D eigenvalue weighted by Crippen LogP contribution is 2.29. The van der Waals surface area contributed by atoms with E-state index < -0.39 is 0 Å². The van der Waals surface area contributed by atoms with E-state index in [9.17, 15) is 0 Å². The van der Waals surface area contributed by atoms with E-state index in [2.05, 4.69) is 20.6 Å². The summed E-state index contributed by atoms with van der Waals surface area (Å²) in [6.45, 7) is 4.74. The topological polar surface area (TPSA) is 28.2 Å². The van der Waals surface area contributed by atoms with E-state index >= 15 is 0 Å². The lowest BCUT2D eigenvalue weighted by Crippen LogP contribution is -2.43. The Hall–Kier alpha value is -0.450. The van der Waals surface area contributed by atoms with E-state index in [4.69, 9.17) is 0 Å². The number of hydrogen-bond donors (Lipinski definition) is 1. The predicted molar refractivity (Wildman–Crippen MR) is 61.9 cm³/mol. The van der Waals surface area contributed by atoms with Crippen LogP contribution in [-0.2, 0) is 6.54 Å². The van der Waals surface area contributed by atoms with Crippen LogP contribution in [0.2, 0.25) is 0 Å². The summed E-state index contributed by atoms with van der Waals surface area (Å²) in [5, 5.41) is 6.84. The van der Waals surface area contributed by atoms with Crippen molar-refractivity contribution < 1.29 is 0 Å². The zero-order chi connectivity index (χ0) is 10.1. The van der Waals surface area contributed by atoms with Gasteiger partial charge in [-0.15, -0.1) is 11.3 Å². The molecule has 2 saturated heterocycles. The van der Waals surface area contributed by atoms with Gasteiger partial charge in [-0.3, -0.25) is 4.90 Å². The fourth-order valence-electron chi connectivity index (χ4n) is 2.88. The van der Waals surface area contributed by atoms with Crippen LogP contribution in [0.4, 0.5) is 0 Å². The summed E-state index contributed by atoms with van der Waals surface area (Å²) in [5.74, 6) is 0.888. The number of nitrogens with zero attached hydrogens (tertiary/aromatic N) is 2. The first-order valence-electron chi connectivity index (χ1n) is 5.76. The molecule has 2 fully saturated rings. The molecule has 1 aromatic heterocycles. The summed E-state index contributed by atoms with van der Waals surface area (Å²) in [5.41, 5.74) is 0. The number of aromatic nitrogens is 1. The lowest BCUT2D eigenvalue weighted by molar-refractivity contribution is 0.184. The zero-order valence-electron chi connectivity index (χ0n) is 8.85. The normalized spacial score (nSPS) is 31.7. The minimum atomic E-state index is 0.815. The lowest BCUT2D eigenvalue weighted by atomic mass is 9.94. The van der Waals surface area contributed by atoms with Gasteiger partial charge >= 0.3 is 0 Å². The highest BCUT2D eigenvalue weighted by molar-refractivity contribution is 7.09. The number of rotatable bonds is 2. The number of piperidine rings is 1. The van der Waals surface area contributed by atoms with Crippen molar-refractivity contribution in [3.63, 3.8) is 0 Å². The molecule has 2 atom stereocenters. The van der Waals surface area contributed by atoms with Gasteiger partial charge in [0, 0.05) is 17.6 Å². The molecule has 82 valence electrons. The zero-order valence-corrected chi connectivity index (χ0v) is 9.67. The van der Waals surface area contributed by atoms with Gasteiger partial charge in [-0.25, -0.2) is 4.98 Å². The Balaban J connectivity index is 1.67. The van der Waals surface area contributed by atoms with Gasteiger partial charge in [-0.1, -0.05) is 0 Å². The van der Waals surface area contributed by atoms with Crippen LogP contribution in [0.3, 0.4) is 0 Å². The van der Waals surface area contributed by atoms with Crippen molar-refractivity contribution in [3.05, 3.63) is 16.6 Å². The first kappa shape index (κ1) is 9.75. The fourth-order valence-corrected chi connectivity index (χ4v) is 3.52. The third-order valence-electron chi connectivity index (χ3n) is 3.65. The van der Waals surface area contributed by atoms with E-state index in [1.165, 1.54) is 37.5 Å². The molecule has 15 heavy (non-hydrogen) atoms. The van der Waals surface area contributed by atoms with Crippen molar-refractivity contribution in [2.75, 3.05) is 19.6 Å². The minimum absolute atomic E-state index is 0.815. The molecule has 2 aliphatic rings. The highest BCUT2D eigenvalue weighted by atomic mass is 32.1. The fraction of sp³-hybridized carbons (Fsp3) is 0.727. The Morgan fingerprint density at radius 2 is 2.53 bits per heavy atom. The monoisotopic (exact) mass is 223 g/mol. The van der Waals surface area contributed by atoms with Gasteiger partial charge in [0.15, 0.2) is 0 Å². The molecular formula is C11H17N3S. The molecule has 0 spiro atoms. The van der Waals surface area contributed by atoms with E-state index in [0.29, 0.717) is 0 Å². The molecule has 0 aliphatic carbocycles. The van der Waals surface area contributed by atoms with Crippen molar-refractivity contribution in [2.24, 2.45) is 5.92 Å². The highest BCUT2D eigenvalue weighted by Gasteiger charge is 2.35. The van der Waals surface area contributed by atoms with Gasteiger partial charge in [0.05, 0.1) is 6.54 Å². The van der Waals surface area contributed by atoms with Crippen LogP contribution in [0.15, 0.2) is 11.6 Å². The Labute approximate surface area is 94.5 Å². The molecule has 3 nitrogen and oxygen atoms in total. The first-order valence-corrected chi connectivity index (χ1v) is 6.64. The minimum Gasteiger partial charge on any atom is -0.316 e.